The maximum absolute atomic E-state index is 9.89. The Balaban J connectivity index is 1.54. The zero-order valence-corrected chi connectivity index (χ0v) is 15.8. The molecule has 1 aliphatic rings. The third-order valence-electron chi connectivity index (χ3n) is 4.98. The molecule has 0 unspecified atom stereocenters. The zero-order valence-electron chi connectivity index (χ0n) is 15.8. The molecule has 29 heavy (non-hydrogen) atoms. The number of ether oxygens (including phenoxy) is 1. The molecule has 1 aliphatic heterocycles. The van der Waals surface area contributed by atoms with E-state index in [1.54, 1.807) is 12.1 Å². The van der Waals surface area contributed by atoms with Crippen LogP contribution in [0.2, 0.25) is 0 Å². The second-order valence-electron chi connectivity index (χ2n) is 6.99. The number of benzene rings is 2. The van der Waals surface area contributed by atoms with Gasteiger partial charge in [0.05, 0.1) is 18.9 Å². The lowest BCUT2D eigenvalue weighted by atomic mass is 10.1. The fourth-order valence-corrected chi connectivity index (χ4v) is 3.50. The number of fused-ring (bicyclic) bond motifs is 1. The molecule has 5 rings (SSSR count). The van der Waals surface area contributed by atoms with Crippen molar-refractivity contribution in [3.05, 3.63) is 60.8 Å². The molecule has 0 spiro atoms. The van der Waals surface area contributed by atoms with Gasteiger partial charge in [-0.3, -0.25) is 0 Å². The summed E-state index contributed by atoms with van der Waals surface area (Å²) in [6.45, 7) is 2.82. The van der Waals surface area contributed by atoms with Crippen molar-refractivity contribution in [2.75, 3.05) is 36.5 Å². The monoisotopic (exact) mass is 387 g/mol. The first-order valence-corrected chi connectivity index (χ1v) is 9.60. The van der Waals surface area contributed by atoms with Crippen LogP contribution >= 0.6 is 0 Å². The number of nitrogens with zero attached hydrogens (tertiary/aromatic N) is 3. The van der Waals surface area contributed by atoms with Gasteiger partial charge in [-0.25, -0.2) is 4.98 Å². The molecule has 0 aliphatic carbocycles. The van der Waals surface area contributed by atoms with E-state index in [-0.39, 0.29) is 5.75 Å². The largest absolute Gasteiger partial charge is 0.508 e. The Morgan fingerprint density at radius 1 is 1.00 bits per heavy atom. The Morgan fingerprint density at radius 3 is 2.76 bits per heavy atom. The first-order valence-electron chi connectivity index (χ1n) is 9.60. The van der Waals surface area contributed by atoms with Gasteiger partial charge in [0.15, 0.2) is 0 Å². The second-order valence-corrected chi connectivity index (χ2v) is 6.99. The van der Waals surface area contributed by atoms with Crippen LogP contribution in [-0.4, -0.2) is 46.4 Å². The van der Waals surface area contributed by atoms with Crippen LogP contribution < -0.4 is 10.2 Å². The summed E-state index contributed by atoms with van der Waals surface area (Å²) in [5, 5.41) is 14.4. The van der Waals surface area contributed by atoms with Gasteiger partial charge in [-0.05, 0) is 36.4 Å². The van der Waals surface area contributed by atoms with Gasteiger partial charge in [0.25, 0.3) is 0 Å². The summed E-state index contributed by atoms with van der Waals surface area (Å²) in [6, 6.07) is 17.2. The normalized spacial score (nSPS) is 14.3. The lowest BCUT2D eigenvalue weighted by Gasteiger charge is -2.27. The summed E-state index contributed by atoms with van der Waals surface area (Å²) in [5.41, 5.74) is 3.63. The van der Waals surface area contributed by atoms with Crippen molar-refractivity contribution in [1.29, 1.82) is 0 Å². The molecule has 0 amide bonds. The van der Waals surface area contributed by atoms with Crippen molar-refractivity contribution in [3.63, 3.8) is 0 Å². The number of anilines is 3. The SMILES string of the molecule is Oc1cccc(-c2cc(Nc3ccc4[nH]ccc4c3)nc(N3CCOCC3)n2)c1. The minimum atomic E-state index is 0.210. The summed E-state index contributed by atoms with van der Waals surface area (Å²) < 4.78 is 5.46. The minimum absolute atomic E-state index is 0.210. The molecule has 3 heterocycles. The van der Waals surface area contributed by atoms with Gasteiger partial charge >= 0.3 is 0 Å². The molecule has 2 aromatic carbocycles. The Morgan fingerprint density at radius 2 is 1.90 bits per heavy atom. The van der Waals surface area contributed by atoms with Crippen LogP contribution in [0.3, 0.4) is 0 Å². The molecule has 0 atom stereocenters. The van der Waals surface area contributed by atoms with Gasteiger partial charge < -0.3 is 25.0 Å². The lowest BCUT2D eigenvalue weighted by molar-refractivity contribution is 0.122. The van der Waals surface area contributed by atoms with Crippen LogP contribution in [0.15, 0.2) is 60.8 Å². The highest BCUT2D eigenvalue weighted by molar-refractivity contribution is 5.84. The molecule has 4 aromatic rings. The van der Waals surface area contributed by atoms with Gasteiger partial charge in [0, 0.05) is 47.5 Å². The number of phenolic OH excluding ortho intramolecular Hbond substituents is 1. The summed E-state index contributed by atoms with van der Waals surface area (Å²) in [7, 11) is 0. The number of rotatable bonds is 4. The summed E-state index contributed by atoms with van der Waals surface area (Å²) in [6.07, 6.45) is 1.93. The Kier molecular flexibility index (Phi) is 4.50. The van der Waals surface area contributed by atoms with Crippen molar-refractivity contribution in [3.8, 4) is 17.0 Å². The molecule has 146 valence electrons. The van der Waals surface area contributed by atoms with Gasteiger partial charge in [0.2, 0.25) is 5.95 Å². The summed E-state index contributed by atoms with van der Waals surface area (Å²) >= 11 is 0. The molecular formula is C22H21N5O2. The van der Waals surface area contributed by atoms with Crippen LogP contribution in [0, 0.1) is 0 Å². The number of nitrogens with one attached hydrogen (secondary N) is 2. The van der Waals surface area contributed by atoms with Crippen LogP contribution in [0.25, 0.3) is 22.2 Å². The number of aromatic hydroxyl groups is 1. The zero-order chi connectivity index (χ0) is 19.6. The highest BCUT2D eigenvalue weighted by Crippen LogP contribution is 2.28. The smallest absolute Gasteiger partial charge is 0.228 e. The fraction of sp³-hybridized carbons (Fsp3) is 0.182. The lowest BCUT2D eigenvalue weighted by Crippen LogP contribution is -2.37. The molecule has 0 saturated carbocycles. The predicted octanol–water partition coefficient (Wildman–Crippen LogP) is 3.91. The van der Waals surface area contributed by atoms with E-state index in [0.29, 0.717) is 25.0 Å². The van der Waals surface area contributed by atoms with Crippen molar-refractivity contribution in [2.24, 2.45) is 0 Å². The van der Waals surface area contributed by atoms with E-state index >= 15 is 0 Å². The number of phenols is 1. The van der Waals surface area contributed by atoms with E-state index in [1.807, 2.05) is 42.6 Å². The molecule has 7 nitrogen and oxygen atoms in total. The van der Waals surface area contributed by atoms with E-state index in [2.05, 4.69) is 21.3 Å². The van der Waals surface area contributed by atoms with E-state index in [9.17, 15) is 5.11 Å². The number of morpholine rings is 1. The Bertz CT molecular complexity index is 1150. The first-order chi connectivity index (χ1) is 14.2. The second kappa shape index (κ2) is 7.44. The highest BCUT2D eigenvalue weighted by Gasteiger charge is 2.17. The third-order valence-corrected chi connectivity index (χ3v) is 4.98. The highest BCUT2D eigenvalue weighted by atomic mass is 16.5. The quantitative estimate of drug-likeness (QED) is 0.492. The number of H-pyrrole nitrogens is 1. The molecule has 7 heteroatoms. The van der Waals surface area contributed by atoms with Gasteiger partial charge in [0.1, 0.15) is 11.6 Å². The van der Waals surface area contributed by atoms with E-state index in [1.165, 1.54) is 0 Å². The van der Waals surface area contributed by atoms with Crippen LogP contribution in [0.5, 0.6) is 5.75 Å². The van der Waals surface area contributed by atoms with Crippen LogP contribution in [-0.2, 0) is 4.74 Å². The first kappa shape index (κ1) is 17.5. The molecule has 0 bridgehead atoms. The molecule has 1 saturated heterocycles. The fourth-order valence-electron chi connectivity index (χ4n) is 3.50. The van der Waals surface area contributed by atoms with Crippen LogP contribution in [0.4, 0.5) is 17.5 Å². The van der Waals surface area contributed by atoms with E-state index in [4.69, 9.17) is 14.7 Å². The predicted molar refractivity (Wildman–Crippen MR) is 114 cm³/mol. The summed E-state index contributed by atoms with van der Waals surface area (Å²) in [4.78, 5) is 14.8. The Labute approximate surface area is 168 Å². The number of hydrogen-bond donors (Lipinski definition) is 3. The number of hydrogen-bond acceptors (Lipinski definition) is 6. The van der Waals surface area contributed by atoms with Crippen molar-refractivity contribution in [2.45, 2.75) is 0 Å². The number of aromatic nitrogens is 3. The van der Waals surface area contributed by atoms with Crippen molar-refractivity contribution >= 4 is 28.4 Å². The van der Waals surface area contributed by atoms with Crippen molar-refractivity contribution < 1.29 is 9.84 Å². The topological polar surface area (TPSA) is 86.3 Å². The Hall–Kier alpha value is -3.58. The average molecular weight is 387 g/mol. The summed E-state index contributed by atoms with van der Waals surface area (Å²) in [5.74, 6) is 1.57. The van der Waals surface area contributed by atoms with Gasteiger partial charge in [-0.1, -0.05) is 12.1 Å². The van der Waals surface area contributed by atoms with Crippen LogP contribution in [0.1, 0.15) is 0 Å². The van der Waals surface area contributed by atoms with Gasteiger partial charge in [-0.2, -0.15) is 4.98 Å². The average Bonchev–Trinajstić information content (AvgIpc) is 3.22. The van der Waals surface area contributed by atoms with Crippen molar-refractivity contribution in [1.82, 2.24) is 15.0 Å². The standard InChI is InChI=1S/C22H21N5O2/c28-18-3-1-2-15(13-18)20-14-21(26-22(25-20)27-8-10-29-11-9-27)24-17-4-5-19-16(12-17)6-7-23-19/h1-7,12-14,23,28H,8-11H2,(H,24,25,26). The maximum Gasteiger partial charge on any atom is 0.228 e. The maximum atomic E-state index is 9.89. The molecule has 0 radical (unpaired) electrons. The molecular weight excluding hydrogens is 366 g/mol. The minimum Gasteiger partial charge on any atom is -0.508 e. The van der Waals surface area contributed by atoms with Gasteiger partial charge in [-0.15, -0.1) is 0 Å². The molecule has 1 fully saturated rings. The van der Waals surface area contributed by atoms with E-state index in [0.717, 1.165) is 40.9 Å². The van der Waals surface area contributed by atoms with E-state index < -0.39 is 0 Å². The third kappa shape index (κ3) is 3.72. The molecule has 2 aromatic heterocycles. The number of aromatic amines is 1. The molecule has 3 N–H and O–H groups in total.